The minimum atomic E-state index is -1.05. The molecule has 0 aliphatic carbocycles. The first-order valence-electron chi connectivity index (χ1n) is 5.48. The van der Waals surface area contributed by atoms with Crippen molar-refractivity contribution in [1.29, 1.82) is 0 Å². The molecular weight excluding hydrogens is 220 g/mol. The van der Waals surface area contributed by atoms with Crippen LogP contribution >= 0.6 is 0 Å². The molecule has 1 unspecified atom stereocenters. The summed E-state index contributed by atoms with van der Waals surface area (Å²) in [4.78, 5) is 23.9. The predicted octanol–water partition coefficient (Wildman–Crippen LogP) is 1.29. The van der Waals surface area contributed by atoms with E-state index in [4.69, 9.17) is 11.5 Å². The van der Waals surface area contributed by atoms with E-state index in [2.05, 4.69) is 11.2 Å². The minimum Gasteiger partial charge on any atom is -0.480 e. The monoisotopic (exact) mass is 240 g/mol. The Labute approximate surface area is 102 Å². The Kier molecular flexibility index (Phi) is 5.52. The van der Waals surface area contributed by atoms with Crippen molar-refractivity contribution in [3.05, 3.63) is 0 Å². The average molecular weight is 240 g/mol. The number of hydrogen-bond donors (Lipinski definition) is 2. The molecule has 0 aromatic heterocycles. The van der Waals surface area contributed by atoms with E-state index >= 15 is 0 Å². The molecule has 0 rings (SSSR count). The highest BCUT2D eigenvalue weighted by Gasteiger charge is 2.29. The molecule has 0 bridgehead atoms. The number of nitrogens with zero attached hydrogens (tertiary/aromatic N) is 1. The van der Waals surface area contributed by atoms with Crippen molar-refractivity contribution in [3.63, 3.8) is 0 Å². The van der Waals surface area contributed by atoms with Gasteiger partial charge in [0.2, 0.25) is 0 Å². The van der Waals surface area contributed by atoms with Gasteiger partial charge in [-0.05, 0) is 27.2 Å². The molecular formula is C12H20N2O3. The average Bonchev–Trinajstić information content (AvgIpc) is 2.20. The second kappa shape index (κ2) is 6.14. The van der Waals surface area contributed by atoms with Crippen molar-refractivity contribution in [2.45, 2.75) is 45.7 Å². The standard InChI is InChI=1S/C12H20N2O3/c1-6-9(7-2)13-11(17)14(8-10(15)16)12(3,4)5/h1,9H,7-8H2,2-5H3,(H,13,17)(H,15,16). The molecule has 0 aliphatic rings. The van der Waals surface area contributed by atoms with Gasteiger partial charge in [-0.2, -0.15) is 0 Å². The molecule has 0 saturated carbocycles. The van der Waals surface area contributed by atoms with Gasteiger partial charge in [0, 0.05) is 5.54 Å². The lowest BCUT2D eigenvalue weighted by Crippen LogP contribution is -2.54. The van der Waals surface area contributed by atoms with Crippen LogP contribution in [0.5, 0.6) is 0 Å². The van der Waals surface area contributed by atoms with Gasteiger partial charge in [0.15, 0.2) is 0 Å². The van der Waals surface area contributed by atoms with Gasteiger partial charge in [0.05, 0.1) is 6.04 Å². The van der Waals surface area contributed by atoms with Gasteiger partial charge in [-0.15, -0.1) is 6.42 Å². The molecule has 0 aromatic rings. The van der Waals surface area contributed by atoms with Crippen molar-refractivity contribution in [3.8, 4) is 12.3 Å². The number of nitrogens with one attached hydrogen (secondary N) is 1. The summed E-state index contributed by atoms with van der Waals surface area (Å²) in [6.07, 6.45) is 5.85. The molecule has 0 radical (unpaired) electrons. The van der Waals surface area contributed by atoms with Crippen LogP contribution in [-0.2, 0) is 4.79 Å². The minimum absolute atomic E-state index is 0.351. The topological polar surface area (TPSA) is 69.6 Å². The summed E-state index contributed by atoms with van der Waals surface area (Å²) >= 11 is 0. The third kappa shape index (κ3) is 5.25. The zero-order valence-electron chi connectivity index (χ0n) is 10.8. The Balaban J connectivity index is 4.77. The van der Waals surface area contributed by atoms with Gasteiger partial charge >= 0.3 is 12.0 Å². The Morgan fingerprint density at radius 1 is 1.47 bits per heavy atom. The molecule has 0 aliphatic heterocycles. The Hall–Kier alpha value is -1.70. The van der Waals surface area contributed by atoms with Gasteiger partial charge < -0.3 is 15.3 Å². The molecule has 5 nitrogen and oxygen atoms in total. The smallest absolute Gasteiger partial charge is 0.323 e. The normalized spacial score (nSPS) is 12.4. The van der Waals surface area contributed by atoms with Gasteiger partial charge in [-0.25, -0.2) is 4.79 Å². The van der Waals surface area contributed by atoms with Crippen LogP contribution in [0, 0.1) is 12.3 Å². The second-order valence-electron chi connectivity index (χ2n) is 4.73. The molecule has 2 N–H and O–H groups in total. The summed E-state index contributed by atoms with van der Waals surface area (Å²) in [5.41, 5.74) is -0.574. The summed E-state index contributed by atoms with van der Waals surface area (Å²) in [6.45, 7) is 6.81. The first-order chi connectivity index (χ1) is 7.72. The second-order valence-corrected chi connectivity index (χ2v) is 4.73. The van der Waals surface area contributed by atoms with Crippen LogP contribution in [0.3, 0.4) is 0 Å². The number of carbonyl (C=O) groups excluding carboxylic acids is 1. The molecule has 0 fully saturated rings. The highest BCUT2D eigenvalue weighted by molar-refractivity contribution is 5.81. The maximum Gasteiger partial charge on any atom is 0.323 e. The number of aliphatic carboxylic acids is 1. The van der Waals surface area contributed by atoms with Crippen molar-refractivity contribution in [2.24, 2.45) is 0 Å². The first-order valence-corrected chi connectivity index (χ1v) is 5.48. The fourth-order valence-electron chi connectivity index (χ4n) is 1.24. The Morgan fingerprint density at radius 3 is 2.29 bits per heavy atom. The molecule has 0 heterocycles. The van der Waals surface area contributed by atoms with Crippen LogP contribution < -0.4 is 5.32 Å². The lowest BCUT2D eigenvalue weighted by atomic mass is 10.1. The summed E-state index contributed by atoms with van der Waals surface area (Å²) in [7, 11) is 0. The van der Waals surface area contributed by atoms with Crippen molar-refractivity contribution in [1.82, 2.24) is 10.2 Å². The fraction of sp³-hybridized carbons (Fsp3) is 0.667. The molecule has 0 aromatic carbocycles. The quantitative estimate of drug-likeness (QED) is 0.727. The van der Waals surface area contributed by atoms with E-state index in [1.807, 2.05) is 6.92 Å². The number of carboxylic acid groups (broad SMARTS) is 1. The number of carboxylic acids is 1. The fourth-order valence-corrected chi connectivity index (χ4v) is 1.24. The third-order valence-corrected chi connectivity index (χ3v) is 2.26. The number of rotatable bonds is 4. The van der Waals surface area contributed by atoms with E-state index in [0.29, 0.717) is 6.42 Å². The highest BCUT2D eigenvalue weighted by atomic mass is 16.4. The Bertz CT molecular complexity index is 326. The lowest BCUT2D eigenvalue weighted by Gasteiger charge is -2.35. The summed E-state index contributed by atoms with van der Waals surface area (Å²) in [5.74, 6) is 1.38. The molecule has 2 amide bonds. The molecule has 5 heteroatoms. The van der Waals surface area contributed by atoms with Crippen LogP contribution in [0.4, 0.5) is 4.79 Å². The van der Waals surface area contributed by atoms with E-state index < -0.39 is 17.5 Å². The van der Waals surface area contributed by atoms with E-state index in [9.17, 15) is 9.59 Å². The number of carbonyl (C=O) groups is 2. The molecule has 96 valence electrons. The van der Waals surface area contributed by atoms with Crippen LogP contribution in [0.2, 0.25) is 0 Å². The van der Waals surface area contributed by atoms with Gasteiger partial charge in [-0.1, -0.05) is 12.8 Å². The van der Waals surface area contributed by atoms with Crippen LogP contribution in [0.1, 0.15) is 34.1 Å². The largest absolute Gasteiger partial charge is 0.480 e. The van der Waals surface area contributed by atoms with Crippen molar-refractivity contribution < 1.29 is 14.7 Å². The lowest BCUT2D eigenvalue weighted by molar-refractivity contribution is -0.138. The summed E-state index contributed by atoms with van der Waals surface area (Å²) in [6, 6.07) is -0.828. The molecule has 0 saturated heterocycles. The zero-order chi connectivity index (χ0) is 13.6. The number of amides is 2. The SMILES string of the molecule is C#CC(CC)NC(=O)N(CC(=O)O)C(C)(C)C. The van der Waals surface area contributed by atoms with Crippen molar-refractivity contribution >= 4 is 12.0 Å². The van der Waals surface area contributed by atoms with Gasteiger partial charge in [0.25, 0.3) is 0 Å². The third-order valence-electron chi connectivity index (χ3n) is 2.26. The van der Waals surface area contributed by atoms with Crippen LogP contribution in [0.25, 0.3) is 0 Å². The number of hydrogen-bond acceptors (Lipinski definition) is 2. The van der Waals surface area contributed by atoms with E-state index in [-0.39, 0.29) is 12.6 Å². The van der Waals surface area contributed by atoms with E-state index in [1.165, 1.54) is 4.90 Å². The van der Waals surface area contributed by atoms with E-state index in [0.717, 1.165) is 0 Å². The molecule has 0 spiro atoms. The summed E-state index contributed by atoms with van der Waals surface area (Å²) < 4.78 is 0. The van der Waals surface area contributed by atoms with Crippen LogP contribution in [0.15, 0.2) is 0 Å². The predicted molar refractivity (Wildman–Crippen MR) is 65.5 cm³/mol. The first kappa shape index (κ1) is 15.3. The van der Waals surface area contributed by atoms with Gasteiger partial charge in [0.1, 0.15) is 6.54 Å². The highest BCUT2D eigenvalue weighted by Crippen LogP contribution is 2.13. The zero-order valence-corrected chi connectivity index (χ0v) is 10.8. The van der Waals surface area contributed by atoms with Crippen molar-refractivity contribution in [2.75, 3.05) is 6.54 Å². The molecule has 17 heavy (non-hydrogen) atoms. The number of terminal acetylenes is 1. The maximum atomic E-state index is 11.9. The number of urea groups is 1. The Morgan fingerprint density at radius 2 is 2.00 bits per heavy atom. The maximum absolute atomic E-state index is 11.9. The molecule has 1 atom stereocenters. The van der Waals surface area contributed by atoms with Gasteiger partial charge in [-0.3, -0.25) is 4.79 Å². The van der Waals surface area contributed by atoms with Crippen LogP contribution in [-0.4, -0.2) is 40.1 Å². The summed E-state index contributed by atoms with van der Waals surface area (Å²) in [5, 5.41) is 11.4. The van der Waals surface area contributed by atoms with E-state index in [1.54, 1.807) is 20.8 Å².